The lowest BCUT2D eigenvalue weighted by Gasteiger charge is -2.17. The number of rotatable bonds is 2. The molecule has 7 heteroatoms. The van der Waals surface area contributed by atoms with Crippen molar-refractivity contribution < 1.29 is 19.0 Å². The molecule has 0 aliphatic carbocycles. The highest BCUT2D eigenvalue weighted by Gasteiger charge is 2.24. The molecule has 1 unspecified atom stereocenters. The topological polar surface area (TPSA) is 69.7 Å². The SMILES string of the molecule is O=C(Nc1nc2cc3c(cc2s1)OCCO3)C1CCCO1. The number of thiazole rings is 1. The summed E-state index contributed by atoms with van der Waals surface area (Å²) in [5, 5.41) is 3.40. The Morgan fingerprint density at radius 2 is 2.05 bits per heavy atom. The van der Waals surface area contributed by atoms with E-state index in [0.717, 1.165) is 28.8 Å². The van der Waals surface area contributed by atoms with Crippen molar-refractivity contribution in [3.63, 3.8) is 0 Å². The van der Waals surface area contributed by atoms with Crippen LogP contribution in [0.15, 0.2) is 12.1 Å². The molecule has 21 heavy (non-hydrogen) atoms. The van der Waals surface area contributed by atoms with Crippen LogP contribution in [-0.2, 0) is 9.53 Å². The standard InChI is InChI=1S/C14H14N2O4S/c17-13(9-2-1-3-18-9)16-14-15-8-6-10-11(7-12(8)21-14)20-5-4-19-10/h6-7,9H,1-5H2,(H,15,16,17). The lowest BCUT2D eigenvalue weighted by molar-refractivity contribution is -0.124. The van der Waals surface area contributed by atoms with Gasteiger partial charge in [-0.05, 0) is 12.8 Å². The van der Waals surface area contributed by atoms with Gasteiger partial charge in [0.1, 0.15) is 19.3 Å². The molecule has 1 atom stereocenters. The van der Waals surface area contributed by atoms with Crippen LogP contribution >= 0.6 is 11.3 Å². The predicted molar refractivity (Wildman–Crippen MR) is 78.2 cm³/mol. The van der Waals surface area contributed by atoms with E-state index in [1.807, 2.05) is 12.1 Å². The molecule has 1 saturated heterocycles. The van der Waals surface area contributed by atoms with Crippen LogP contribution in [0.2, 0.25) is 0 Å². The summed E-state index contributed by atoms with van der Waals surface area (Å²) in [6, 6.07) is 3.76. The monoisotopic (exact) mass is 306 g/mol. The number of benzene rings is 1. The number of aromatic nitrogens is 1. The van der Waals surface area contributed by atoms with E-state index < -0.39 is 0 Å². The molecule has 1 fully saturated rings. The third kappa shape index (κ3) is 2.43. The van der Waals surface area contributed by atoms with E-state index in [1.54, 1.807) is 0 Å². The Hall–Kier alpha value is -1.86. The second-order valence-electron chi connectivity index (χ2n) is 4.97. The maximum absolute atomic E-state index is 12.0. The molecule has 1 aromatic heterocycles. The first-order chi connectivity index (χ1) is 10.3. The molecule has 4 rings (SSSR count). The van der Waals surface area contributed by atoms with Crippen molar-refractivity contribution in [1.82, 2.24) is 4.98 Å². The minimum atomic E-state index is -0.350. The molecule has 2 aromatic rings. The molecule has 1 N–H and O–H groups in total. The summed E-state index contributed by atoms with van der Waals surface area (Å²) >= 11 is 1.42. The molecule has 1 aromatic carbocycles. The highest BCUT2D eigenvalue weighted by molar-refractivity contribution is 7.22. The van der Waals surface area contributed by atoms with E-state index in [0.29, 0.717) is 30.7 Å². The Kier molecular flexibility index (Phi) is 3.16. The molecule has 0 saturated carbocycles. The minimum absolute atomic E-state index is 0.121. The van der Waals surface area contributed by atoms with Gasteiger partial charge < -0.3 is 14.2 Å². The average Bonchev–Trinajstić information content (AvgIpc) is 3.13. The van der Waals surface area contributed by atoms with Gasteiger partial charge in [-0.2, -0.15) is 0 Å². The summed E-state index contributed by atoms with van der Waals surface area (Å²) in [5.41, 5.74) is 0.798. The van der Waals surface area contributed by atoms with Gasteiger partial charge in [-0.15, -0.1) is 0 Å². The number of carbonyl (C=O) groups excluding carboxylic acids is 1. The Balaban J connectivity index is 1.59. The van der Waals surface area contributed by atoms with E-state index in [2.05, 4.69) is 10.3 Å². The number of nitrogens with zero attached hydrogens (tertiary/aromatic N) is 1. The summed E-state index contributed by atoms with van der Waals surface area (Å²) in [4.78, 5) is 16.5. The summed E-state index contributed by atoms with van der Waals surface area (Å²) in [5.74, 6) is 1.31. The van der Waals surface area contributed by atoms with E-state index in [-0.39, 0.29) is 12.0 Å². The molecule has 0 bridgehead atoms. The maximum atomic E-state index is 12.0. The van der Waals surface area contributed by atoms with E-state index in [1.165, 1.54) is 11.3 Å². The zero-order valence-electron chi connectivity index (χ0n) is 11.3. The van der Waals surface area contributed by atoms with Crippen LogP contribution in [0.3, 0.4) is 0 Å². The average molecular weight is 306 g/mol. The summed E-state index contributed by atoms with van der Waals surface area (Å²) < 4.78 is 17.4. The molecule has 110 valence electrons. The van der Waals surface area contributed by atoms with Crippen LogP contribution in [0.1, 0.15) is 12.8 Å². The summed E-state index contributed by atoms with van der Waals surface area (Å²) in [6.45, 7) is 1.75. The second kappa shape index (κ2) is 5.16. The number of anilines is 1. The first-order valence-electron chi connectivity index (χ1n) is 6.92. The van der Waals surface area contributed by atoms with Gasteiger partial charge in [0.2, 0.25) is 0 Å². The number of nitrogens with one attached hydrogen (secondary N) is 1. The highest BCUT2D eigenvalue weighted by atomic mass is 32.1. The lowest BCUT2D eigenvalue weighted by atomic mass is 10.2. The van der Waals surface area contributed by atoms with Crippen molar-refractivity contribution >= 4 is 32.6 Å². The van der Waals surface area contributed by atoms with Gasteiger partial charge in [0.05, 0.1) is 10.2 Å². The fourth-order valence-electron chi connectivity index (χ4n) is 2.49. The summed E-state index contributed by atoms with van der Waals surface area (Å²) in [6.07, 6.45) is 1.35. The number of hydrogen-bond donors (Lipinski definition) is 1. The van der Waals surface area contributed by atoms with Crippen molar-refractivity contribution in [3.05, 3.63) is 12.1 Å². The zero-order valence-corrected chi connectivity index (χ0v) is 12.1. The number of ether oxygens (including phenoxy) is 3. The van der Waals surface area contributed by atoms with Gasteiger partial charge in [-0.25, -0.2) is 4.98 Å². The van der Waals surface area contributed by atoms with Gasteiger partial charge >= 0.3 is 0 Å². The largest absolute Gasteiger partial charge is 0.486 e. The van der Waals surface area contributed by atoms with Gasteiger partial charge in [-0.1, -0.05) is 11.3 Å². The first kappa shape index (κ1) is 12.8. The van der Waals surface area contributed by atoms with Crippen LogP contribution < -0.4 is 14.8 Å². The van der Waals surface area contributed by atoms with Gasteiger partial charge in [0.25, 0.3) is 5.91 Å². The van der Waals surface area contributed by atoms with Crippen molar-refractivity contribution in [2.45, 2.75) is 18.9 Å². The predicted octanol–water partition coefficient (Wildman–Crippen LogP) is 2.18. The fraction of sp³-hybridized carbons (Fsp3) is 0.429. The van der Waals surface area contributed by atoms with Crippen LogP contribution in [0.4, 0.5) is 5.13 Å². The van der Waals surface area contributed by atoms with Crippen LogP contribution in [-0.4, -0.2) is 36.8 Å². The quantitative estimate of drug-likeness (QED) is 0.921. The van der Waals surface area contributed by atoms with Gasteiger partial charge in [0, 0.05) is 18.7 Å². The van der Waals surface area contributed by atoms with E-state index in [9.17, 15) is 4.79 Å². The third-order valence-electron chi connectivity index (χ3n) is 3.50. The van der Waals surface area contributed by atoms with Crippen molar-refractivity contribution in [1.29, 1.82) is 0 Å². The lowest BCUT2D eigenvalue weighted by Crippen LogP contribution is -2.26. The number of fused-ring (bicyclic) bond motifs is 2. The Morgan fingerprint density at radius 3 is 2.81 bits per heavy atom. The molecule has 2 aliphatic heterocycles. The smallest absolute Gasteiger partial charge is 0.255 e. The number of carbonyl (C=O) groups is 1. The fourth-order valence-corrected chi connectivity index (χ4v) is 3.37. The molecule has 3 heterocycles. The molecular weight excluding hydrogens is 292 g/mol. The van der Waals surface area contributed by atoms with Crippen LogP contribution in [0.25, 0.3) is 10.2 Å². The minimum Gasteiger partial charge on any atom is -0.486 e. The Labute approximate surface area is 125 Å². The first-order valence-corrected chi connectivity index (χ1v) is 7.74. The molecule has 2 aliphatic rings. The Bertz CT molecular complexity index is 651. The van der Waals surface area contributed by atoms with Crippen LogP contribution in [0, 0.1) is 0 Å². The van der Waals surface area contributed by atoms with Gasteiger partial charge in [0.15, 0.2) is 16.6 Å². The van der Waals surface area contributed by atoms with E-state index in [4.69, 9.17) is 14.2 Å². The highest BCUT2D eigenvalue weighted by Crippen LogP contribution is 2.37. The third-order valence-corrected chi connectivity index (χ3v) is 4.44. The summed E-state index contributed by atoms with van der Waals surface area (Å²) in [7, 11) is 0. The van der Waals surface area contributed by atoms with Gasteiger partial charge in [-0.3, -0.25) is 10.1 Å². The normalized spacial score (nSPS) is 20.7. The number of hydrogen-bond acceptors (Lipinski definition) is 6. The van der Waals surface area contributed by atoms with E-state index >= 15 is 0 Å². The van der Waals surface area contributed by atoms with Crippen LogP contribution in [0.5, 0.6) is 11.5 Å². The zero-order chi connectivity index (χ0) is 14.2. The van der Waals surface area contributed by atoms with Crippen molar-refractivity contribution in [2.75, 3.05) is 25.1 Å². The molecule has 0 spiro atoms. The molecule has 0 radical (unpaired) electrons. The molecular formula is C14H14N2O4S. The van der Waals surface area contributed by atoms with Crippen molar-refractivity contribution in [3.8, 4) is 11.5 Å². The number of amides is 1. The Morgan fingerprint density at radius 1 is 1.24 bits per heavy atom. The second-order valence-corrected chi connectivity index (χ2v) is 6.00. The maximum Gasteiger partial charge on any atom is 0.255 e. The van der Waals surface area contributed by atoms with Crippen molar-refractivity contribution in [2.24, 2.45) is 0 Å². The molecule has 1 amide bonds. The molecule has 6 nitrogen and oxygen atoms in total.